The van der Waals surface area contributed by atoms with E-state index in [-0.39, 0.29) is 11.1 Å². The Labute approximate surface area is 136 Å². The van der Waals surface area contributed by atoms with Crippen molar-refractivity contribution < 1.29 is 14.0 Å². The molecule has 0 saturated carbocycles. The van der Waals surface area contributed by atoms with Gasteiger partial charge in [0.15, 0.2) is 8.32 Å². The van der Waals surface area contributed by atoms with Crippen molar-refractivity contribution in [3.05, 3.63) is 35.9 Å². The SMILES string of the molecule is CC(C)(C)[Si](C)(C)OCCC[C@@H](C=O)OCc1ccccc1. The molecule has 0 spiro atoms. The summed E-state index contributed by atoms with van der Waals surface area (Å²) >= 11 is 0. The van der Waals surface area contributed by atoms with E-state index in [2.05, 4.69) is 33.9 Å². The van der Waals surface area contributed by atoms with Gasteiger partial charge in [0.25, 0.3) is 0 Å². The number of rotatable bonds is 9. The molecule has 0 unspecified atom stereocenters. The van der Waals surface area contributed by atoms with E-state index in [1.54, 1.807) is 0 Å². The van der Waals surface area contributed by atoms with E-state index in [1.165, 1.54) is 0 Å². The number of benzene rings is 1. The molecule has 0 aliphatic carbocycles. The summed E-state index contributed by atoms with van der Waals surface area (Å²) in [7, 11) is -1.69. The molecule has 4 heteroatoms. The number of carbonyl (C=O) groups is 1. The van der Waals surface area contributed by atoms with Crippen molar-refractivity contribution in [3.8, 4) is 0 Å². The number of hydrogen-bond acceptors (Lipinski definition) is 3. The van der Waals surface area contributed by atoms with Crippen molar-refractivity contribution in [3.63, 3.8) is 0 Å². The first kappa shape index (κ1) is 19.1. The molecule has 0 N–H and O–H groups in total. The first-order valence-electron chi connectivity index (χ1n) is 8.01. The molecule has 0 amide bonds. The van der Waals surface area contributed by atoms with Crippen LogP contribution in [0.5, 0.6) is 0 Å². The minimum atomic E-state index is -1.69. The summed E-state index contributed by atoms with van der Waals surface area (Å²) in [5, 5.41) is 0.223. The third kappa shape index (κ3) is 6.42. The average molecular weight is 323 g/mol. The van der Waals surface area contributed by atoms with E-state index in [0.717, 1.165) is 18.3 Å². The van der Waals surface area contributed by atoms with Crippen LogP contribution in [-0.2, 0) is 20.6 Å². The Morgan fingerprint density at radius 1 is 1.18 bits per heavy atom. The number of carbonyl (C=O) groups excluding carboxylic acids is 1. The second-order valence-electron chi connectivity index (χ2n) is 7.22. The van der Waals surface area contributed by atoms with Crippen LogP contribution >= 0.6 is 0 Å². The predicted octanol–water partition coefficient (Wildman–Crippen LogP) is 4.57. The fourth-order valence-corrected chi connectivity index (χ4v) is 2.88. The molecular weight excluding hydrogens is 292 g/mol. The van der Waals surface area contributed by atoms with E-state index in [0.29, 0.717) is 19.6 Å². The molecule has 0 saturated heterocycles. The highest BCUT2D eigenvalue weighted by molar-refractivity contribution is 6.74. The van der Waals surface area contributed by atoms with Gasteiger partial charge in [-0.2, -0.15) is 0 Å². The third-order valence-corrected chi connectivity index (χ3v) is 8.90. The standard InChI is InChI=1S/C18H30O3Si/c1-18(2,3)22(4,5)21-13-9-12-17(14-19)20-15-16-10-7-6-8-11-16/h6-8,10-11,14,17H,9,12-13,15H2,1-5H3/t17-/m0/s1. The third-order valence-electron chi connectivity index (χ3n) is 4.36. The van der Waals surface area contributed by atoms with E-state index in [1.807, 2.05) is 30.3 Å². The monoisotopic (exact) mass is 322 g/mol. The smallest absolute Gasteiger partial charge is 0.191 e. The first-order valence-corrected chi connectivity index (χ1v) is 10.9. The topological polar surface area (TPSA) is 35.5 Å². The van der Waals surface area contributed by atoms with Crippen molar-refractivity contribution >= 4 is 14.6 Å². The Balaban J connectivity index is 2.28. The molecule has 22 heavy (non-hydrogen) atoms. The lowest BCUT2D eigenvalue weighted by molar-refractivity contribution is -0.119. The molecule has 1 atom stereocenters. The lowest BCUT2D eigenvalue weighted by Crippen LogP contribution is -2.41. The first-order chi connectivity index (χ1) is 10.3. The molecule has 0 aliphatic heterocycles. The molecule has 1 aromatic carbocycles. The van der Waals surface area contributed by atoms with Gasteiger partial charge in [-0.3, -0.25) is 0 Å². The molecule has 0 heterocycles. The van der Waals surface area contributed by atoms with Gasteiger partial charge < -0.3 is 14.0 Å². The van der Waals surface area contributed by atoms with Crippen molar-refractivity contribution in [1.29, 1.82) is 0 Å². The summed E-state index contributed by atoms with van der Waals surface area (Å²) in [4.78, 5) is 11.1. The van der Waals surface area contributed by atoms with E-state index in [4.69, 9.17) is 9.16 Å². The maximum absolute atomic E-state index is 11.1. The maximum Gasteiger partial charge on any atom is 0.191 e. The highest BCUT2D eigenvalue weighted by Gasteiger charge is 2.36. The number of hydrogen-bond donors (Lipinski definition) is 0. The van der Waals surface area contributed by atoms with Gasteiger partial charge in [0, 0.05) is 6.61 Å². The van der Waals surface area contributed by atoms with Gasteiger partial charge in [-0.1, -0.05) is 51.1 Å². The van der Waals surface area contributed by atoms with Gasteiger partial charge in [0.2, 0.25) is 0 Å². The number of ether oxygens (including phenoxy) is 1. The highest BCUT2D eigenvalue weighted by Crippen LogP contribution is 2.36. The zero-order valence-electron chi connectivity index (χ0n) is 14.6. The van der Waals surface area contributed by atoms with Crippen molar-refractivity contribution in [1.82, 2.24) is 0 Å². The Morgan fingerprint density at radius 3 is 2.36 bits per heavy atom. The van der Waals surface area contributed by atoms with Crippen molar-refractivity contribution in [2.45, 2.75) is 64.5 Å². The van der Waals surface area contributed by atoms with Crippen LogP contribution in [0.15, 0.2) is 30.3 Å². The summed E-state index contributed by atoms with van der Waals surface area (Å²) < 4.78 is 11.8. The summed E-state index contributed by atoms with van der Waals surface area (Å²) in [5.41, 5.74) is 1.09. The Kier molecular flexibility index (Phi) is 7.46. The van der Waals surface area contributed by atoms with Gasteiger partial charge in [0.1, 0.15) is 12.4 Å². The summed E-state index contributed by atoms with van der Waals surface area (Å²) in [6.07, 6.45) is 2.12. The second-order valence-corrected chi connectivity index (χ2v) is 12.0. The average Bonchev–Trinajstić information content (AvgIpc) is 2.46. The fraction of sp³-hybridized carbons (Fsp3) is 0.611. The van der Waals surface area contributed by atoms with Crippen LogP contribution in [0.1, 0.15) is 39.2 Å². The van der Waals surface area contributed by atoms with Crippen LogP contribution in [0.4, 0.5) is 0 Å². The van der Waals surface area contributed by atoms with Crippen molar-refractivity contribution in [2.24, 2.45) is 0 Å². The molecule has 1 rings (SSSR count). The number of aldehydes is 1. The van der Waals surface area contributed by atoms with Crippen LogP contribution in [0, 0.1) is 0 Å². The summed E-state index contributed by atoms with van der Waals surface area (Å²) in [6.45, 7) is 12.4. The lowest BCUT2D eigenvalue weighted by atomic mass is 10.2. The summed E-state index contributed by atoms with van der Waals surface area (Å²) in [5.74, 6) is 0. The molecule has 0 aliphatic rings. The van der Waals surface area contributed by atoms with E-state index in [9.17, 15) is 4.79 Å². The molecular formula is C18H30O3Si. The van der Waals surface area contributed by atoms with Gasteiger partial charge in [-0.05, 0) is 36.5 Å². The maximum atomic E-state index is 11.1. The van der Waals surface area contributed by atoms with Crippen LogP contribution in [0.25, 0.3) is 0 Å². The van der Waals surface area contributed by atoms with Crippen LogP contribution in [-0.4, -0.2) is 27.3 Å². The molecule has 0 radical (unpaired) electrons. The zero-order valence-corrected chi connectivity index (χ0v) is 15.6. The van der Waals surface area contributed by atoms with Gasteiger partial charge in [-0.25, -0.2) is 0 Å². The second kappa shape index (κ2) is 8.60. The normalized spacial score (nSPS) is 13.9. The molecule has 3 nitrogen and oxygen atoms in total. The van der Waals surface area contributed by atoms with Crippen LogP contribution in [0.3, 0.4) is 0 Å². The quantitative estimate of drug-likeness (QED) is 0.379. The Morgan fingerprint density at radius 2 is 1.82 bits per heavy atom. The van der Waals surface area contributed by atoms with E-state index >= 15 is 0 Å². The summed E-state index contributed by atoms with van der Waals surface area (Å²) in [6, 6.07) is 9.92. The van der Waals surface area contributed by atoms with Gasteiger partial charge in [0.05, 0.1) is 6.61 Å². The highest BCUT2D eigenvalue weighted by atomic mass is 28.4. The Bertz CT molecular complexity index is 437. The molecule has 1 aromatic rings. The Hall–Kier alpha value is -0.973. The van der Waals surface area contributed by atoms with Crippen LogP contribution < -0.4 is 0 Å². The minimum absolute atomic E-state index is 0.223. The fourth-order valence-electron chi connectivity index (χ4n) is 1.80. The van der Waals surface area contributed by atoms with Crippen molar-refractivity contribution in [2.75, 3.05) is 6.61 Å². The molecule has 0 bridgehead atoms. The predicted molar refractivity (Wildman–Crippen MR) is 93.5 cm³/mol. The van der Waals surface area contributed by atoms with Gasteiger partial charge >= 0.3 is 0 Å². The minimum Gasteiger partial charge on any atom is -0.417 e. The van der Waals surface area contributed by atoms with Gasteiger partial charge in [-0.15, -0.1) is 0 Å². The lowest BCUT2D eigenvalue weighted by Gasteiger charge is -2.36. The largest absolute Gasteiger partial charge is 0.417 e. The van der Waals surface area contributed by atoms with E-state index < -0.39 is 8.32 Å². The van der Waals surface area contributed by atoms with Crippen LogP contribution in [0.2, 0.25) is 18.1 Å². The molecule has 124 valence electrons. The molecule has 0 fully saturated rings. The molecule has 0 aromatic heterocycles. The zero-order chi connectivity index (χ0) is 16.6.